The molecule has 2 unspecified atom stereocenters. The topological polar surface area (TPSA) is 101 Å². The van der Waals surface area contributed by atoms with Gasteiger partial charge in [-0.2, -0.15) is 4.31 Å². The van der Waals surface area contributed by atoms with E-state index in [1.807, 2.05) is 0 Å². The summed E-state index contributed by atoms with van der Waals surface area (Å²) in [7, 11) is -3.86. The van der Waals surface area contributed by atoms with Crippen molar-refractivity contribution in [3.8, 4) is 0 Å². The van der Waals surface area contributed by atoms with Gasteiger partial charge < -0.3 is 9.84 Å². The lowest BCUT2D eigenvalue weighted by molar-refractivity contribution is -0.143. The number of sulfonamides is 1. The first-order valence-corrected chi connectivity index (χ1v) is 8.61. The molecule has 122 valence electrons. The molecule has 0 saturated heterocycles. The number of esters is 1. The van der Waals surface area contributed by atoms with Crippen LogP contribution in [0.2, 0.25) is 0 Å². The number of hydrogen-bond acceptors (Lipinski definition) is 5. The first kappa shape index (κ1) is 17.9. The number of rotatable bonds is 7. The summed E-state index contributed by atoms with van der Waals surface area (Å²) in [6.45, 7) is 4.75. The second-order valence-corrected chi connectivity index (χ2v) is 7.51. The Bertz CT molecular complexity index is 487. The minimum atomic E-state index is -3.86. The van der Waals surface area contributed by atoms with E-state index in [-0.39, 0.29) is 13.2 Å². The van der Waals surface area contributed by atoms with Crippen molar-refractivity contribution in [3.05, 3.63) is 0 Å². The smallest absolute Gasteiger partial charge is 0.321 e. The Labute approximate surface area is 125 Å². The third-order valence-electron chi connectivity index (χ3n) is 3.65. The second-order valence-electron chi connectivity index (χ2n) is 5.40. The Morgan fingerprint density at radius 1 is 1.33 bits per heavy atom. The van der Waals surface area contributed by atoms with Gasteiger partial charge in [0.25, 0.3) is 0 Å². The molecule has 8 heteroatoms. The molecule has 1 aliphatic carbocycles. The fourth-order valence-corrected chi connectivity index (χ4v) is 4.99. The van der Waals surface area contributed by atoms with Crippen LogP contribution in [0, 0.1) is 5.92 Å². The SMILES string of the molecule is CCOC(=O)CN(C(C)C)S(=O)(=O)C1CCCC1C(=O)O. The Hall–Kier alpha value is -1.15. The summed E-state index contributed by atoms with van der Waals surface area (Å²) >= 11 is 0. The summed E-state index contributed by atoms with van der Waals surface area (Å²) in [5.41, 5.74) is 0. The first-order chi connectivity index (χ1) is 9.71. The maximum absolute atomic E-state index is 12.7. The van der Waals surface area contributed by atoms with Crippen molar-refractivity contribution in [2.45, 2.75) is 51.3 Å². The van der Waals surface area contributed by atoms with Gasteiger partial charge in [0.05, 0.1) is 17.8 Å². The van der Waals surface area contributed by atoms with Crippen LogP contribution in [0.25, 0.3) is 0 Å². The van der Waals surface area contributed by atoms with Crippen LogP contribution < -0.4 is 0 Å². The van der Waals surface area contributed by atoms with Crippen LogP contribution in [0.3, 0.4) is 0 Å². The Kier molecular flexibility index (Phi) is 6.15. The van der Waals surface area contributed by atoms with E-state index in [0.717, 1.165) is 4.31 Å². The molecule has 21 heavy (non-hydrogen) atoms. The fourth-order valence-electron chi connectivity index (χ4n) is 2.64. The molecule has 1 fully saturated rings. The largest absolute Gasteiger partial charge is 0.481 e. The van der Waals surface area contributed by atoms with Crippen molar-refractivity contribution >= 4 is 22.0 Å². The highest BCUT2D eigenvalue weighted by Gasteiger charge is 2.45. The van der Waals surface area contributed by atoms with E-state index in [0.29, 0.717) is 19.3 Å². The fraction of sp³-hybridized carbons (Fsp3) is 0.846. The molecule has 0 radical (unpaired) electrons. The van der Waals surface area contributed by atoms with E-state index < -0.39 is 39.2 Å². The lowest BCUT2D eigenvalue weighted by Crippen LogP contribution is -2.47. The van der Waals surface area contributed by atoms with Crippen LogP contribution in [0.5, 0.6) is 0 Å². The summed E-state index contributed by atoms with van der Waals surface area (Å²) in [6, 6.07) is -0.436. The normalized spacial score (nSPS) is 22.7. The molecule has 0 aromatic heterocycles. The molecule has 0 aliphatic heterocycles. The zero-order valence-corrected chi connectivity index (χ0v) is 13.4. The van der Waals surface area contributed by atoms with Gasteiger partial charge in [0.15, 0.2) is 0 Å². The van der Waals surface area contributed by atoms with Crippen LogP contribution in [-0.2, 0) is 24.3 Å². The van der Waals surface area contributed by atoms with Crippen LogP contribution in [0.1, 0.15) is 40.0 Å². The Morgan fingerprint density at radius 3 is 2.43 bits per heavy atom. The molecule has 1 aliphatic rings. The third kappa shape index (κ3) is 4.16. The van der Waals surface area contributed by atoms with E-state index in [1.54, 1.807) is 20.8 Å². The van der Waals surface area contributed by atoms with Gasteiger partial charge in [-0.15, -0.1) is 0 Å². The van der Waals surface area contributed by atoms with Crippen LogP contribution in [0.4, 0.5) is 0 Å². The van der Waals surface area contributed by atoms with Crippen molar-refractivity contribution in [1.29, 1.82) is 0 Å². The first-order valence-electron chi connectivity index (χ1n) is 7.10. The predicted octanol–water partition coefficient (Wildman–Crippen LogP) is 0.843. The minimum absolute atomic E-state index is 0.173. The second kappa shape index (κ2) is 7.22. The number of carboxylic acids is 1. The monoisotopic (exact) mass is 321 g/mol. The summed E-state index contributed by atoms with van der Waals surface area (Å²) in [6.07, 6.45) is 1.22. The van der Waals surface area contributed by atoms with E-state index >= 15 is 0 Å². The zero-order chi connectivity index (χ0) is 16.2. The average molecular weight is 321 g/mol. The molecule has 0 aromatic carbocycles. The molecular formula is C13H23NO6S. The van der Waals surface area contributed by atoms with E-state index in [2.05, 4.69) is 0 Å². The van der Waals surface area contributed by atoms with Gasteiger partial charge in [0.2, 0.25) is 10.0 Å². The van der Waals surface area contributed by atoms with Crippen LogP contribution in [-0.4, -0.2) is 54.2 Å². The molecule has 0 aromatic rings. The quantitative estimate of drug-likeness (QED) is 0.697. The average Bonchev–Trinajstić information content (AvgIpc) is 2.85. The molecule has 7 nitrogen and oxygen atoms in total. The summed E-state index contributed by atoms with van der Waals surface area (Å²) in [4.78, 5) is 22.8. The van der Waals surface area contributed by atoms with Gasteiger partial charge in [-0.1, -0.05) is 6.42 Å². The number of carboxylic acid groups (broad SMARTS) is 1. The van der Waals surface area contributed by atoms with Crippen molar-refractivity contribution in [3.63, 3.8) is 0 Å². The number of nitrogens with zero attached hydrogens (tertiary/aromatic N) is 1. The third-order valence-corrected chi connectivity index (χ3v) is 6.18. The van der Waals surface area contributed by atoms with Gasteiger partial charge in [0, 0.05) is 6.04 Å². The van der Waals surface area contributed by atoms with Crippen molar-refractivity contribution < 1.29 is 27.9 Å². The molecule has 2 atom stereocenters. The van der Waals surface area contributed by atoms with E-state index in [9.17, 15) is 18.0 Å². The Morgan fingerprint density at radius 2 is 1.95 bits per heavy atom. The molecular weight excluding hydrogens is 298 g/mol. The van der Waals surface area contributed by atoms with Gasteiger partial charge in [-0.3, -0.25) is 9.59 Å². The standard InChI is InChI=1S/C13H23NO6S/c1-4-20-12(15)8-14(9(2)3)21(18,19)11-7-5-6-10(11)13(16)17/h9-11H,4-8H2,1-3H3,(H,16,17). The van der Waals surface area contributed by atoms with Crippen molar-refractivity contribution in [2.75, 3.05) is 13.2 Å². The van der Waals surface area contributed by atoms with Crippen molar-refractivity contribution in [2.24, 2.45) is 5.92 Å². The van der Waals surface area contributed by atoms with Gasteiger partial charge in [-0.05, 0) is 33.6 Å². The van der Waals surface area contributed by atoms with Crippen molar-refractivity contribution in [1.82, 2.24) is 4.31 Å². The highest BCUT2D eigenvalue weighted by Crippen LogP contribution is 2.33. The predicted molar refractivity (Wildman–Crippen MR) is 76.2 cm³/mol. The van der Waals surface area contributed by atoms with E-state index in [4.69, 9.17) is 9.84 Å². The van der Waals surface area contributed by atoms with Gasteiger partial charge in [0.1, 0.15) is 6.54 Å². The number of carbonyl (C=O) groups is 2. The molecule has 1 N–H and O–H groups in total. The highest BCUT2D eigenvalue weighted by atomic mass is 32.2. The number of aliphatic carboxylic acids is 1. The Balaban J connectivity index is 2.99. The number of hydrogen-bond donors (Lipinski definition) is 1. The maximum Gasteiger partial charge on any atom is 0.321 e. The lowest BCUT2D eigenvalue weighted by atomic mass is 10.1. The molecule has 0 spiro atoms. The molecule has 0 heterocycles. The van der Waals surface area contributed by atoms with E-state index in [1.165, 1.54) is 0 Å². The van der Waals surface area contributed by atoms with Crippen LogP contribution in [0.15, 0.2) is 0 Å². The van der Waals surface area contributed by atoms with Crippen LogP contribution >= 0.6 is 0 Å². The highest BCUT2D eigenvalue weighted by molar-refractivity contribution is 7.89. The molecule has 0 amide bonds. The number of ether oxygens (including phenoxy) is 1. The maximum atomic E-state index is 12.7. The molecule has 1 saturated carbocycles. The molecule has 0 bridgehead atoms. The minimum Gasteiger partial charge on any atom is -0.481 e. The van der Waals surface area contributed by atoms with Gasteiger partial charge in [-0.25, -0.2) is 8.42 Å². The summed E-state index contributed by atoms with van der Waals surface area (Å²) < 4.78 is 31.2. The summed E-state index contributed by atoms with van der Waals surface area (Å²) in [5.74, 6) is -2.63. The zero-order valence-electron chi connectivity index (χ0n) is 12.6. The van der Waals surface area contributed by atoms with Gasteiger partial charge >= 0.3 is 11.9 Å². The lowest BCUT2D eigenvalue weighted by Gasteiger charge is -2.29. The summed E-state index contributed by atoms with van der Waals surface area (Å²) in [5, 5.41) is 8.19. The number of carbonyl (C=O) groups excluding carboxylic acids is 1. The molecule has 1 rings (SSSR count).